The number of hydrogen-bond acceptors (Lipinski definition) is 4. The van der Waals surface area contributed by atoms with E-state index in [1.165, 1.54) is 4.68 Å². The first-order chi connectivity index (χ1) is 10.6. The van der Waals surface area contributed by atoms with E-state index in [0.29, 0.717) is 17.4 Å². The number of rotatable bonds is 4. The van der Waals surface area contributed by atoms with Crippen molar-refractivity contribution in [1.29, 1.82) is 0 Å². The molecule has 1 aromatic carbocycles. The van der Waals surface area contributed by atoms with Gasteiger partial charge in [-0.25, -0.2) is 4.68 Å². The molecule has 0 saturated carbocycles. The molecule has 0 aliphatic carbocycles. The molecule has 112 valence electrons. The van der Waals surface area contributed by atoms with E-state index >= 15 is 0 Å². The van der Waals surface area contributed by atoms with Crippen LogP contribution in [-0.4, -0.2) is 25.5 Å². The van der Waals surface area contributed by atoms with E-state index in [1.54, 1.807) is 24.1 Å². The maximum Gasteiger partial charge on any atom is 0.292 e. The molecule has 0 atom stereocenters. The number of hydrogen-bond donors (Lipinski definition) is 1. The first kappa shape index (κ1) is 14.0. The normalized spacial score (nSPS) is 10.8. The van der Waals surface area contributed by atoms with Crippen LogP contribution in [0.2, 0.25) is 0 Å². The Balaban J connectivity index is 1.73. The molecule has 3 aromatic rings. The second-order valence-electron chi connectivity index (χ2n) is 4.91. The van der Waals surface area contributed by atoms with Crippen molar-refractivity contribution in [3.8, 4) is 0 Å². The number of para-hydroxylation sites is 1. The molecular formula is C15H15N5O2. The molecule has 7 nitrogen and oxygen atoms in total. The van der Waals surface area contributed by atoms with E-state index in [4.69, 9.17) is 0 Å². The number of amides is 1. The Hall–Kier alpha value is -2.96. The van der Waals surface area contributed by atoms with E-state index in [-0.39, 0.29) is 17.9 Å². The molecule has 0 fully saturated rings. The van der Waals surface area contributed by atoms with Crippen molar-refractivity contribution in [2.45, 2.75) is 13.0 Å². The molecule has 0 bridgehead atoms. The quantitative estimate of drug-likeness (QED) is 0.783. The molecule has 0 radical (unpaired) electrons. The molecular weight excluding hydrogens is 282 g/mol. The molecule has 7 heteroatoms. The lowest BCUT2D eigenvalue weighted by Gasteiger charge is -2.06. The van der Waals surface area contributed by atoms with Crippen LogP contribution in [0.5, 0.6) is 0 Å². The maximum absolute atomic E-state index is 12.1. The fraction of sp³-hybridized carbons (Fsp3) is 0.200. The third kappa shape index (κ3) is 2.73. The van der Waals surface area contributed by atoms with Crippen LogP contribution in [0, 0.1) is 0 Å². The Kier molecular flexibility index (Phi) is 3.69. The summed E-state index contributed by atoms with van der Waals surface area (Å²) in [7, 11) is 1.58. The molecule has 0 aliphatic rings. The van der Waals surface area contributed by atoms with Gasteiger partial charge in [0.1, 0.15) is 5.52 Å². The third-order valence-corrected chi connectivity index (χ3v) is 3.34. The number of nitrogens with one attached hydrogen (secondary N) is 1. The Labute approximate surface area is 126 Å². The summed E-state index contributed by atoms with van der Waals surface area (Å²) in [6, 6.07) is 9.24. The molecule has 1 N–H and O–H groups in total. The van der Waals surface area contributed by atoms with Gasteiger partial charge in [-0.05, 0) is 12.1 Å². The van der Waals surface area contributed by atoms with Crippen LogP contribution in [0.4, 0.5) is 5.69 Å². The van der Waals surface area contributed by atoms with Crippen molar-refractivity contribution in [3.05, 3.63) is 53.1 Å². The molecule has 0 aliphatic heterocycles. The summed E-state index contributed by atoms with van der Waals surface area (Å²) in [6.45, 7) is 0.335. The second kappa shape index (κ2) is 5.80. The summed E-state index contributed by atoms with van der Waals surface area (Å²) in [6.07, 6.45) is 3.40. The van der Waals surface area contributed by atoms with Crippen LogP contribution in [0.25, 0.3) is 10.9 Å². The summed E-state index contributed by atoms with van der Waals surface area (Å²) in [4.78, 5) is 24.0. The van der Waals surface area contributed by atoms with Crippen LogP contribution in [-0.2, 0) is 18.4 Å². The lowest BCUT2D eigenvalue weighted by atomic mass is 10.3. The van der Waals surface area contributed by atoms with Gasteiger partial charge < -0.3 is 5.32 Å². The molecule has 1 amide bonds. The summed E-state index contributed by atoms with van der Waals surface area (Å²) < 4.78 is 2.80. The highest BCUT2D eigenvalue weighted by molar-refractivity contribution is 5.90. The number of anilines is 1. The summed E-state index contributed by atoms with van der Waals surface area (Å²) in [5.74, 6) is -0.124. The average molecular weight is 297 g/mol. The lowest BCUT2D eigenvalue weighted by molar-refractivity contribution is -0.116. The molecule has 0 saturated heterocycles. The van der Waals surface area contributed by atoms with Crippen LogP contribution in [0.3, 0.4) is 0 Å². The zero-order valence-electron chi connectivity index (χ0n) is 12.1. The molecule has 2 heterocycles. The van der Waals surface area contributed by atoms with Crippen molar-refractivity contribution < 1.29 is 4.79 Å². The van der Waals surface area contributed by atoms with E-state index in [0.717, 1.165) is 5.69 Å². The number of aryl methyl sites for hydroxylation is 2. The summed E-state index contributed by atoms with van der Waals surface area (Å²) in [5, 5.41) is 11.6. The van der Waals surface area contributed by atoms with E-state index in [2.05, 4.69) is 15.5 Å². The summed E-state index contributed by atoms with van der Waals surface area (Å²) >= 11 is 0. The topological polar surface area (TPSA) is 81.8 Å². The monoisotopic (exact) mass is 297 g/mol. The van der Waals surface area contributed by atoms with Gasteiger partial charge in [-0.1, -0.05) is 18.2 Å². The largest absolute Gasteiger partial charge is 0.326 e. The molecule has 22 heavy (non-hydrogen) atoms. The van der Waals surface area contributed by atoms with Crippen LogP contribution in [0.15, 0.2) is 47.5 Å². The minimum Gasteiger partial charge on any atom is -0.326 e. The minimum atomic E-state index is -0.224. The van der Waals surface area contributed by atoms with Gasteiger partial charge in [0.05, 0.1) is 18.9 Å². The van der Waals surface area contributed by atoms with Gasteiger partial charge >= 0.3 is 0 Å². The van der Waals surface area contributed by atoms with Crippen molar-refractivity contribution in [2.75, 3.05) is 5.32 Å². The summed E-state index contributed by atoms with van der Waals surface area (Å²) in [5.41, 5.74) is 0.987. The molecule has 0 spiro atoms. The highest BCUT2D eigenvalue weighted by atomic mass is 16.1. The second-order valence-corrected chi connectivity index (χ2v) is 4.91. The van der Waals surface area contributed by atoms with Gasteiger partial charge in [0.25, 0.3) is 5.56 Å². The number of nitrogens with zero attached hydrogens (tertiary/aromatic N) is 4. The highest BCUT2D eigenvalue weighted by Crippen LogP contribution is 2.09. The van der Waals surface area contributed by atoms with E-state index < -0.39 is 0 Å². The Morgan fingerprint density at radius 3 is 2.68 bits per heavy atom. The zero-order chi connectivity index (χ0) is 15.5. The maximum atomic E-state index is 12.1. The lowest BCUT2D eigenvalue weighted by Crippen LogP contribution is -2.22. The van der Waals surface area contributed by atoms with Crippen molar-refractivity contribution in [3.63, 3.8) is 0 Å². The van der Waals surface area contributed by atoms with Gasteiger partial charge in [-0.2, -0.15) is 10.2 Å². The van der Waals surface area contributed by atoms with Crippen molar-refractivity contribution >= 4 is 22.5 Å². The van der Waals surface area contributed by atoms with Crippen LogP contribution >= 0.6 is 0 Å². The van der Waals surface area contributed by atoms with E-state index in [1.807, 2.05) is 30.3 Å². The molecule has 3 rings (SSSR count). The predicted molar refractivity (Wildman–Crippen MR) is 82.5 cm³/mol. The number of fused-ring (bicyclic) bond motifs is 1. The van der Waals surface area contributed by atoms with Crippen LogP contribution < -0.4 is 10.9 Å². The third-order valence-electron chi connectivity index (χ3n) is 3.34. The standard InChI is InChI=1S/C15H15N5O2/c1-19-15(22)14-11(9-16-19)10-17-20(14)8-7-13(21)18-12-5-3-2-4-6-12/h2-6,9-10H,7-8H2,1H3,(H,18,21). The Bertz CT molecular complexity index is 867. The zero-order valence-corrected chi connectivity index (χ0v) is 12.1. The van der Waals surface area contributed by atoms with Crippen LogP contribution in [0.1, 0.15) is 6.42 Å². The number of carbonyl (C=O) groups excluding carboxylic acids is 1. The number of aromatic nitrogens is 4. The van der Waals surface area contributed by atoms with Gasteiger partial charge in [-0.15, -0.1) is 0 Å². The smallest absolute Gasteiger partial charge is 0.292 e. The fourth-order valence-electron chi connectivity index (χ4n) is 2.20. The molecule has 2 aromatic heterocycles. The first-order valence-electron chi connectivity index (χ1n) is 6.88. The highest BCUT2D eigenvalue weighted by Gasteiger charge is 2.10. The number of benzene rings is 1. The van der Waals surface area contributed by atoms with Gasteiger partial charge in [0.2, 0.25) is 5.91 Å². The van der Waals surface area contributed by atoms with Gasteiger partial charge in [-0.3, -0.25) is 14.3 Å². The average Bonchev–Trinajstić information content (AvgIpc) is 2.94. The SMILES string of the molecule is Cn1ncc2cnn(CCC(=O)Nc3ccccc3)c2c1=O. The van der Waals surface area contributed by atoms with Crippen molar-refractivity contribution in [1.82, 2.24) is 19.6 Å². The Morgan fingerprint density at radius 2 is 1.91 bits per heavy atom. The molecule has 0 unspecified atom stereocenters. The van der Waals surface area contributed by atoms with Gasteiger partial charge in [0.15, 0.2) is 0 Å². The first-order valence-corrected chi connectivity index (χ1v) is 6.88. The fourth-order valence-corrected chi connectivity index (χ4v) is 2.20. The van der Waals surface area contributed by atoms with E-state index in [9.17, 15) is 9.59 Å². The number of carbonyl (C=O) groups is 1. The van der Waals surface area contributed by atoms with Crippen molar-refractivity contribution in [2.24, 2.45) is 7.05 Å². The predicted octanol–water partition coefficient (Wildman–Crippen LogP) is 1.16. The van der Waals surface area contributed by atoms with Gasteiger partial charge in [0, 0.05) is 24.5 Å². The minimum absolute atomic E-state index is 0.124. The Morgan fingerprint density at radius 1 is 1.18 bits per heavy atom.